The van der Waals surface area contributed by atoms with E-state index in [0.29, 0.717) is 17.7 Å². The monoisotopic (exact) mass is 489 g/mol. The Balaban J connectivity index is 1.64. The Labute approximate surface area is 219 Å². The minimum absolute atomic E-state index is 0.0680. The molecule has 4 nitrogen and oxygen atoms in total. The Morgan fingerprint density at radius 1 is 0.784 bits per heavy atom. The number of hydrogen-bond donors (Lipinski definition) is 0. The predicted octanol–water partition coefficient (Wildman–Crippen LogP) is 8.34. The van der Waals surface area contributed by atoms with Crippen LogP contribution in [0.3, 0.4) is 0 Å². The molecule has 0 spiro atoms. The molecule has 3 heterocycles. The first kappa shape index (κ1) is 23.6. The number of benzene rings is 3. The average molecular weight is 490 g/mol. The fourth-order valence-electron chi connectivity index (χ4n) is 6.60. The van der Waals surface area contributed by atoms with Crippen molar-refractivity contribution in [1.82, 2.24) is 4.98 Å². The van der Waals surface area contributed by atoms with E-state index >= 15 is 0 Å². The van der Waals surface area contributed by atoms with Crippen molar-refractivity contribution in [3.63, 3.8) is 0 Å². The van der Waals surface area contributed by atoms with Gasteiger partial charge in [-0.2, -0.15) is 0 Å². The lowest BCUT2D eigenvalue weighted by Gasteiger charge is -2.37. The molecule has 0 aliphatic carbocycles. The summed E-state index contributed by atoms with van der Waals surface area (Å²) in [6, 6.07) is 26.9. The predicted molar refractivity (Wildman–Crippen MR) is 154 cm³/mol. The fourth-order valence-corrected chi connectivity index (χ4v) is 6.60. The van der Waals surface area contributed by atoms with E-state index in [2.05, 4.69) is 123 Å². The number of aromatic nitrogens is 1. The number of aryl methyl sites for hydroxylation is 3. The van der Waals surface area contributed by atoms with Gasteiger partial charge in [0, 0.05) is 39.9 Å². The van der Waals surface area contributed by atoms with Crippen LogP contribution in [-0.2, 0) is 0 Å². The summed E-state index contributed by atoms with van der Waals surface area (Å²) in [5.74, 6) is 0.468. The van der Waals surface area contributed by atoms with Crippen LogP contribution in [0, 0.1) is 26.7 Å². The summed E-state index contributed by atoms with van der Waals surface area (Å²) in [7, 11) is 0. The number of fused-ring (bicyclic) bond motifs is 3. The van der Waals surface area contributed by atoms with Crippen LogP contribution >= 0.6 is 0 Å². The molecule has 3 aromatic carbocycles. The number of anilines is 2. The zero-order valence-electron chi connectivity index (χ0n) is 22.6. The van der Waals surface area contributed by atoms with Gasteiger partial charge in [0.15, 0.2) is 0 Å². The molecule has 1 aliphatic rings. The molecule has 2 unspecified atom stereocenters. The van der Waals surface area contributed by atoms with E-state index in [0.717, 1.165) is 16.4 Å². The van der Waals surface area contributed by atoms with Crippen molar-refractivity contribution in [1.29, 1.82) is 0 Å². The Kier molecular flexibility index (Phi) is 5.71. The first-order valence-electron chi connectivity index (χ1n) is 13.3. The van der Waals surface area contributed by atoms with Gasteiger partial charge in [0.05, 0.1) is 6.04 Å². The Hall–Kier alpha value is -3.79. The van der Waals surface area contributed by atoms with E-state index in [1.807, 2.05) is 6.07 Å². The van der Waals surface area contributed by atoms with E-state index < -0.39 is 0 Å². The van der Waals surface area contributed by atoms with Crippen LogP contribution < -0.4 is 9.80 Å². The molecular formula is C33H35N3O. The van der Waals surface area contributed by atoms with Crippen LogP contribution in [0.25, 0.3) is 22.1 Å². The second-order valence-corrected chi connectivity index (χ2v) is 10.9. The van der Waals surface area contributed by atoms with Crippen molar-refractivity contribution < 1.29 is 4.42 Å². The molecule has 0 saturated carbocycles. The molecule has 1 fully saturated rings. The summed E-state index contributed by atoms with van der Waals surface area (Å²) >= 11 is 0. The van der Waals surface area contributed by atoms with Crippen LogP contribution in [0.5, 0.6) is 0 Å². The van der Waals surface area contributed by atoms with Gasteiger partial charge in [-0.1, -0.05) is 50.2 Å². The van der Waals surface area contributed by atoms with Crippen molar-refractivity contribution in [2.45, 2.75) is 59.8 Å². The number of rotatable bonds is 4. The summed E-state index contributed by atoms with van der Waals surface area (Å²) in [5, 5.41) is 2.19. The topological polar surface area (TPSA) is 32.5 Å². The van der Waals surface area contributed by atoms with Gasteiger partial charge < -0.3 is 14.2 Å². The number of pyridine rings is 1. The first-order valence-corrected chi connectivity index (χ1v) is 13.3. The summed E-state index contributed by atoms with van der Waals surface area (Å²) < 4.78 is 6.14. The molecule has 1 aliphatic heterocycles. The van der Waals surface area contributed by atoms with Gasteiger partial charge in [-0.3, -0.25) is 0 Å². The number of para-hydroxylation sites is 1. The van der Waals surface area contributed by atoms with Gasteiger partial charge in [-0.15, -0.1) is 0 Å². The van der Waals surface area contributed by atoms with Crippen molar-refractivity contribution in [2.75, 3.05) is 9.80 Å². The third kappa shape index (κ3) is 3.69. The van der Waals surface area contributed by atoms with Crippen LogP contribution in [-0.4, -0.2) is 17.1 Å². The number of furan rings is 1. The van der Waals surface area contributed by atoms with Crippen molar-refractivity contribution >= 4 is 33.4 Å². The molecule has 188 valence electrons. The molecule has 0 bridgehead atoms. The second kappa shape index (κ2) is 8.95. The van der Waals surface area contributed by atoms with E-state index in [-0.39, 0.29) is 12.2 Å². The normalized spacial score (nSPS) is 20.0. The Morgan fingerprint density at radius 3 is 2.22 bits per heavy atom. The van der Waals surface area contributed by atoms with Crippen molar-refractivity contribution in [2.24, 2.45) is 5.92 Å². The fraction of sp³-hybridized carbons (Fsp3) is 0.303. The van der Waals surface area contributed by atoms with Crippen LogP contribution in [0.4, 0.5) is 11.4 Å². The van der Waals surface area contributed by atoms with E-state index in [1.54, 1.807) is 6.20 Å². The van der Waals surface area contributed by atoms with Gasteiger partial charge in [0.1, 0.15) is 11.7 Å². The summed E-state index contributed by atoms with van der Waals surface area (Å²) in [6.45, 7) is 13.8. The first-order chi connectivity index (χ1) is 17.9. The van der Waals surface area contributed by atoms with Gasteiger partial charge in [-0.05, 0) is 86.7 Å². The molecule has 3 atom stereocenters. The molecule has 37 heavy (non-hydrogen) atoms. The maximum Gasteiger partial charge on any atom is 0.227 e. The second-order valence-electron chi connectivity index (χ2n) is 10.9. The van der Waals surface area contributed by atoms with E-state index in [4.69, 9.17) is 4.42 Å². The minimum atomic E-state index is 0.0680. The number of hydrogen-bond acceptors (Lipinski definition) is 4. The molecule has 0 N–H and O–H groups in total. The third-order valence-electron chi connectivity index (χ3n) is 8.16. The molecule has 0 radical (unpaired) electrons. The van der Waals surface area contributed by atoms with Crippen LogP contribution in [0.2, 0.25) is 0 Å². The van der Waals surface area contributed by atoms with Gasteiger partial charge in [0.25, 0.3) is 0 Å². The highest BCUT2D eigenvalue weighted by molar-refractivity contribution is 6.05. The molecule has 4 heteroatoms. The zero-order valence-corrected chi connectivity index (χ0v) is 22.6. The molecule has 1 saturated heterocycles. The van der Waals surface area contributed by atoms with Gasteiger partial charge in [0.2, 0.25) is 5.71 Å². The lowest BCUT2D eigenvalue weighted by atomic mass is 9.96. The summed E-state index contributed by atoms with van der Waals surface area (Å²) in [6.07, 6.45) is 1.86. The average Bonchev–Trinajstić information content (AvgIpc) is 3.38. The highest BCUT2D eigenvalue weighted by atomic mass is 16.3. The maximum absolute atomic E-state index is 6.14. The molecule has 2 aromatic heterocycles. The Morgan fingerprint density at radius 2 is 1.51 bits per heavy atom. The summed E-state index contributed by atoms with van der Waals surface area (Å²) in [4.78, 5) is 9.81. The van der Waals surface area contributed by atoms with E-state index in [1.165, 1.54) is 33.6 Å². The molecule has 6 rings (SSSR count). The summed E-state index contributed by atoms with van der Waals surface area (Å²) in [5.41, 5.74) is 9.36. The maximum atomic E-state index is 6.14. The van der Waals surface area contributed by atoms with Gasteiger partial charge in [-0.25, -0.2) is 4.98 Å². The number of nitrogens with zero attached hydrogens (tertiary/aromatic N) is 3. The smallest absolute Gasteiger partial charge is 0.227 e. The lowest BCUT2D eigenvalue weighted by molar-refractivity contribution is 0.455. The Bertz CT molecular complexity index is 1570. The van der Waals surface area contributed by atoms with Crippen molar-refractivity contribution in [3.8, 4) is 0 Å². The zero-order chi connectivity index (χ0) is 25.8. The molecular weight excluding hydrogens is 454 g/mol. The quantitative estimate of drug-likeness (QED) is 0.254. The van der Waals surface area contributed by atoms with Crippen LogP contribution in [0.1, 0.15) is 49.2 Å². The minimum Gasteiger partial charge on any atom is -0.438 e. The standard InChI is InChI=1S/C33H35N3O/c1-20(2)31-24(6)35(28-19-27-26-16-11-17-34-32(26)37-29(27)18-23(28)5)33(30-21(3)12-10-13-22(30)4)36(31)25-14-8-7-9-15-25/h7-20,24,31,33H,1-6H3/t24-,31?,33?/m0/s1. The van der Waals surface area contributed by atoms with E-state index in [9.17, 15) is 0 Å². The third-order valence-corrected chi connectivity index (χ3v) is 8.16. The largest absolute Gasteiger partial charge is 0.438 e. The molecule has 0 amide bonds. The van der Waals surface area contributed by atoms with Crippen LogP contribution in [0.15, 0.2) is 83.4 Å². The van der Waals surface area contributed by atoms with Crippen molar-refractivity contribution in [3.05, 3.63) is 101 Å². The lowest BCUT2D eigenvalue weighted by Crippen LogP contribution is -2.40. The van der Waals surface area contributed by atoms with Gasteiger partial charge >= 0.3 is 0 Å². The highest BCUT2D eigenvalue weighted by Gasteiger charge is 2.48. The molecule has 5 aromatic rings. The SMILES string of the molecule is Cc1cc2oc3ncccc3c2cc1N1C(c2c(C)cccc2C)N(c2ccccc2)C(C(C)C)[C@@H]1C. The highest BCUT2D eigenvalue weighted by Crippen LogP contribution is 2.49.